The summed E-state index contributed by atoms with van der Waals surface area (Å²) in [5.74, 6) is 0. The molecule has 106 valence electrons. The van der Waals surface area contributed by atoms with E-state index >= 15 is 0 Å². The Bertz CT molecular complexity index is 235. The largest absolute Gasteiger partial charge is 0.390 e. The minimum absolute atomic E-state index is 0.0607. The van der Waals surface area contributed by atoms with Crippen LogP contribution in [0.15, 0.2) is 0 Å². The summed E-state index contributed by atoms with van der Waals surface area (Å²) in [6, 6.07) is 0.637. The molecule has 2 heterocycles. The summed E-state index contributed by atoms with van der Waals surface area (Å²) >= 11 is 0. The molecule has 0 aliphatic carbocycles. The Morgan fingerprint density at radius 1 is 1.28 bits per heavy atom. The van der Waals surface area contributed by atoms with Gasteiger partial charge >= 0.3 is 0 Å². The first-order valence-corrected chi connectivity index (χ1v) is 7.85. The summed E-state index contributed by atoms with van der Waals surface area (Å²) in [4.78, 5) is 2.51. The molecule has 0 aromatic rings. The van der Waals surface area contributed by atoms with Gasteiger partial charge in [-0.15, -0.1) is 0 Å². The van der Waals surface area contributed by atoms with Crippen LogP contribution >= 0.6 is 0 Å². The number of nitrogens with zero attached hydrogens (tertiary/aromatic N) is 1. The second-order valence-corrected chi connectivity index (χ2v) is 5.93. The van der Waals surface area contributed by atoms with Crippen LogP contribution in [0.4, 0.5) is 0 Å². The number of rotatable bonds is 7. The number of aliphatic hydroxyl groups excluding tert-OH is 1. The number of ether oxygens (including phenoxy) is 1. The van der Waals surface area contributed by atoms with Crippen LogP contribution in [-0.2, 0) is 4.74 Å². The van der Waals surface area contributed by atoms with Gasteiger partial charge in [0.1, 0.15) is 0 Å². The van der Waals surface area contributed by atoms with Crippen LogP contribution in [0.3, 0.4) is 0 Å². The van der Waals surface area contributed by atoms with Gasteiger partial charge in [-0.05, 0) is 25.8 Å². The summed E-state index contributed by atoms with van der Waals surface area (Å²) in [6.45, 7) is 5.21. The van der Waals surface area contributed by atoms with E-state index in [0.29, 0.717) is 6.04 Å². The summed E-state index contributed by atoms with van der Waals surface area (Å²) in [5.41, 5.74) is 0. The highest BCUT2D eigenvalue weighted by molar-refractivity contribution is 4.87. The third-order valence-corrected chi connectivity index (χ3v) is 4.45. The van der Waals surface area contributed by atoms with Gasteiger partial charge in [0.25, 0.3) is 0 Å². The van der Waals surface area contributed by atoms with Crippen molar-refractivity contribution >= 4 is 0 Å². The average molecular weight is 255 g/mol. The van der Waals surface area contributed by atoms with Crippen molar-refractivity contribution in [1.29, 1.82) is 0 Å². The van der Waals surface area contributed by atoms with Gasteiger partial charge in [0.15, 0.2) is 0 Å². The molecular weight excluding hydrogens is 226 g/mol. The van der Waals surface area contributed by atoms with Gasteiger partial charge in [0, 0.05) is 12.6 Å². The minimum atomic E-state index is -0.256. The molecule has 0 aromatic carbocycles. The van der Waals surface area contributed by atoms with E-state index < -0.39 is 0 Å². The van der Waals surface area contributed by atoms with Crippen molar-refractivity contribution in [3.63, 3.8) is 0 Å². The van der Waals surface area contributed by atoms with E-state index in [1.807, 2.05) is 0 Å². The molecule has 2 rings (SSSR count). The lowest BCUT2D eigenvalue weighted by molar-refractivity contribution is -0.104. The van der Waals surface area contributed by atoms with Crippen LogP contribution < -0.4 is 0 Å². The van der Waals surface area contributed by atoms with Crippen molar-refractivity contribution in [1.82, 2.24) is 4.90 Å². The minimum Gasteiger partial charge on any atom is -0.390 e. The highest BCUT2D eigenvalue weighted by Crippen LogP contribution is 2.24. The zero-order valence-electron chi connectivity index (χ0n) is 11.8. The molecule has 0 spiro atoms. The standard InChI is InChI=1S/C15H29NO2/c1-2-3-4-5-6-9-14(17)15-11-16-10-7-8-13(16)12-18-15/h13-15,17H,2-12H2,1H3. The Balaban J connectivity index is 1.61. The maximum Gasteiger partial charge on any atom is 0.0961 e. The number of morpholine rings is 1. The van der Waals surface area contributed by atoms with Gasteiger partial charge in [-0.2, -0.15) is 0 Å². The van der Waals surface area contributed by atoms with Gasteiger partial charge < -0.3 is 9.84 Å². The molecule has 0 saturated carbocycles. The zero-order chi connectivity index (χ0) is 12.8. The Morgan fingerprint density at radius 3 is 2.94 bits per heavy atom. The van der Waals surface area contributed by atoms with Crippen LogP contribution in [0.5, 0.6) is 0 Å². The molecule has 1 N–H and O–H groups in total. The highest BCUT2D eigenvalue weighted by Gasteiger charge is 2.34. The van der Waals surface area contributed by atoms with Crippen LogP contribution in [0.1, 0.15) is 58.3 Å². The van der Waals surface area contributed by atoms with Gasteiger partial charge in [-0.25, -0.2) is 0 Å². The lowest BCUT2D eigenvalue weighted by Crippen LogP contribution is -2.50. The van der Waals surface area contributed by atoms with E-state index in [2.05, 4.69) is 11.8 Å². The van der Waals surface area contributed by atoms with E-state index in [1.165, 1.54) is 45.1 Å². The van der Waals surface area contributed by atoms with Crippen molar-refractivity contribution in [3.05, 3.63) is 0 Å². The molecule has 0 bridgehead atoms. The topological polar surface area (TPSA) is 32.7 Å². The Morgan fingerprint density at radius 2 is 2.11 bits per heavy atom. The van der Waals surface area contributed by atoms with Gasteiger partial charge in [-0.1, -0.05) is 39.0 Å². The van der Waals surface area contributed by atoms with Gasteiger partial charge in [-0.3, -0.25) is 4.90 Å². The zero-order valence-corrected chi connectivity index (χ0v) is 11.8. The van der Waals surface area contributed by atoms with Crippen LogP contribution in [-0.4, -0.2) is 48.0 Å². The first kappa shape index (κ1) is 14.3. The van der Waals surface area contributed by atoms with Crippen LogP contribution in [0.25, 0.3) is 0 Å². The Labute approximate surface area is 112 Å². The molecule has 3 heteroatoms. The normalized spacial score (nSPS) is 30.3. The van der Waals surface area contributed by atoms with Gasteiger partial charge in [0.2, 0.25) is 0 Å². The number of fused-ring (bicyclic) bond motifs is 1. The van der Waals surface area contributed by atoms with E-state index in [4.69, 9.17) is 4.74 Å². The van der Waals surface area contributed by atoms with Crippen molar-refractivity contribution in [2.75, 3.05) is 19.7 Å². The first-order chi connectivity index (χ1) is 8.81. The van der Waals surface area contributed by atoms with E-state index in [-0.39, 0.29) is 12.2 Å². The molecule has 2 saturated heterocycles. The molecule has 2 fully saturated rings. The summed E-state index contributed by atoms with van der Waals surface area (Å²) < 4.78 is 5.84. The molecule has 0 radical (unpaired) electrons. The smallest absolute Gasteiger partial charge is 0.0961 e. The van der Waals surface area contributed by atoms with Crippen molar-refractivity contribution in [2.45, 2.75) is 76.5 Å². The third-order valence-electron chi connectivity index (χ3n) is 4.45. The second-order valence-electron chi connectivity index (χ2n) is 5.93. The summed E-state index contributed by atoms with van der Waals surface area (Å²) in [6.07, 6.45) is 9.60. The second kappa shape index (κ2) is 7.46. The maximum atomic E-state index is 10.2. The Hall–Kier alpha value is -0.120. The fourth-order valence-corrected chi connectivity index (χ4v) is 3.22. The van der Waals surface area contributed by atoms with Crippen molar-refractivity contribution in [3.8, 4) is 0 Å². The fourth-order valence-electron chi connectivity index (χ4n) is 3.22. The molecule has 2 aliphatic rings. The summed E-state index contributed by atoms with van der Waals surface area (Å²) in [5, 5.41) is 10.2. The lowest BCUT2D eigenvalue weighted by Gasteiger charge is -2.37. The molecule has 0 aromatic heterocycles. The maximum absolute atomic E-state index is 10.2. The quantitative estimate of drug-likeness (QED) is 0.710. The van der Waals surface area contributed by atoms with E-state index in [9.17, 15) is 5.11 Å². The third kappa shape index (κ3) is 3.94. The molecule has 3 nitrogen and oxygen atoms in total. The van der Waals surface area contributed by atoms with Crippen molar-refractivity contribution in [2.24, 2.45) is 0 Å². The SMILES string of the molecule is CCCCCCCC(O)C1CN2CCCC2CO1. The molecule has 3 unspecified atom stereocenters. The van der Waals surface area contributed by atoms with Crippen LogP contribution in [0, 0.1) is 0 Å². The summed E-state index contributed by atoms with van der Waals surface area (Å²) in [7, 11) is 0. The van der Waals surface area contributed by atoms with E-state index in [1.54, 1.807) is 0 Å². The number of hydrogen-bond donors (Lipinski definition) is 1. The Kier molecular flexibility index (Phi) is 5.93. The highest BCUT2D eigenvalue weighted by atomic mass is 16.5. The molecule has 18 heavy (non-hydrogen) atoms. The fraction of sp³-hybridized carbons (Fsp3) is 1.00. The van der Waals surface area contributed by atoms with Crippen molar-refractivity contribution < 1.29 is 9.84 Å². The molecule has 2 aliphatic heterocycles. The first-order valence-electron chi connectivity index (χ1n) is 7.85. The number of hydrogen-bond acceptors (Lipinski definition) is 3. The number of aliphatic hydroxyl groups is 1. The molecular formula is C15H29NO2. The average Bonchev–Trinajstić information content (AvgIpc) is 2.85. The molecule has 3 atom stereocenters. The molecule has 0 amide bonds. The van der Waals surface area contributed by atoms with Crippen LogP contribution in [0.2, 0.25) is 0 Å². The number of unbranched alkanes of at least 4 members (excludes halogenated alkanes) is 4. The predicted molar refractivity (Wildman–Crippen MR) is 73.7 cm³/mol. The predicted octanol–water partition coefficient (Wildman–Crippen LogP) is 2.57. The lowest BCUT2D eigenvalue weighted by atomic mass is 10.0. The van der Waals surface area contributed by atoms with Gasteiger partial charge in [0.05, 0.1) is 18.8 Å². The monoisotopic (exact) mass is 255 g/mol. The van der Waals surface area contributed by atoms with E-state index in [0.717, 1.165) is 26.0 Å².